The number of anilines is 3. The summed E-state index contributed by atoms with van der Waals surface area (Å²) in [4.78, 5) is 24.7. The molecule has 3 aromatic rings. The minimum Gasteiger partial charge on any atom is -0.369 e. The Labute approximate surface area is 202 Å². The number of benzene rings is 1. The molecular weight excluding hydrogens is 426 g/mol. The summed E-state index contributed by atoms with van der Waals surface area (Å²) in [5.74, 6) is 0.488. The lowest BCUT2D eigenvalue weighted by Gasteiger charge is -2.29. The highest BCUT2D eigenvalue weighted by molar-refractivity contribution is 5.98. The second kappa shape index (κ2) is 11.3. The average Bonchev–Trinajstić information content (AvgIpc) is 3.25. The van der Waals surface area contributed by atoms with Crippen molar-refractivity contribution in [1.29, 1.82) is 0 Å². The lowest BCUT2D eigenvalue weighted by Crippen LogP contribution is -2.43. The molecule has 8 heteroatoms. The van der Waals surface area contributed by atoms with Gasteiger partial charge in [0.25, 0.3) is 5.91 Å². The fraction of sp³-hybridized carbons (Fsp3) is 0.500. The number of fused-ring (bicyclic) bond motifs is 1. The van der Waals surface area contributed by atoms with Gasteiger partial charge in [0.2, 0.25) is 5.95 Å². The summed E-state index contributed by atoms with van der Waals surface area (Å²) in [6.45, 7) is 11.2. The normalized spacial score (nSPS) is 14.1. The van der Waals surface area contributed by atoms with Gasteiger partial charge in [-0.1, -0.05) is 27.2 Å². The molecule has 8 nitrogen and oxygen atoms in total. The molecule has 0 radical (unpaired) electrons. The number of unbranched alkanes of at least 4 members (excludes halogenated alkanes) is 1. The van der Waals surface area contributed by atoms with E-state index in [0.717, 1.165) is 68.6 Å². The molecule has 0 atom stereocenters. The number of carbonyl (C=O) groups excluding carboxylic acids is 1. The second-order valence-electron chi connectivity index (χ2n) is 8.86. The highest BCUT2D eigenvalue weighted by Gasteiger charge is 2.21. The molecule has 1 amide bonds. The zero-order chi connectivity index (χ0) is 23.9. The first kappa shape index (κ1) is 24.0. The van der Waals surface area contributed by atoms with Gasteiger partial charge in [0.05, 0.1) is 0 Å². The molecule has 0 saturated carbocycles. The van der Waals surface area contributed by atoms with E-state index in [1.54, 1.807) is 0 Å². The maximum atomic E-state index is 13.0. The number of nitrogens with zero attached hydrogens (tertiary/aromatic N) is 4. The molecule has 4 rings (SSSR count). The maximum absolute atomic E-state index is 13.0. The Kier molecular flexibility index (Phi) is 8.00. The molecule has 1 aromatic carbocycles. The monoisotopic (exact) mass is 463 g/mol. The van der Waals surface area contributed by atoms with Crippen LogP contribution in [-0.4, -0.2) is 53.2 Å². The van der Waals surface area contributed by atoms with Crippen molar-refractivity contribution in [3.8, 4) is 0 Å². The summed E-state index contributed by atoms with van der Waals surface area (Å²) < 4.78 is 2.09. The van der Waals surface area contributed by atoms with Crippen molar-refractivity contribution in [2.75, 3.05) is 42.9 Å². The molecule has 0 spiro atoms. The maximum Gasteiger partial charge on any atom is 0.267 e. The van der Waals surface area contributed by atoms with Crippen LogP contribution in [-0.2, 0) is 0 Å². The van der Waals surface area contributed by atoms with Crippen LogP contribution in [0, 0.1) is 0 Å². The van der Waals surface area contributed by atoms with E-state index >= 15 is 0 Å². The number of hydrogen-bond donors (Lipinski definition) is 3. The third-order valence-electron chi connectivity index (χ3n) is 6.54. The molecule has 3 heterocycles. The van der Waals surface area contributed by atoms with Gasteiger partial charge in [-0.2, -0.15) is 4.98 Å². The van der Waals surface area contributed by atoms with Crippen molar-refractivity contribution >= 4 is 34.3 Å². The van der Waals surface area contributed by atoms with Crippen LogP contribution in [0.4, 0.5) is 17.3 Å². The molecule has 1 aliphatic rings. The standard InChI is InChI=1S/C26H37N7O/c1-4-7-12-28-25(34)23-17-19-18-29-26(31-24(19)33(23)21(5-2)6-3)30-20-8-10-22(11-9-20)32-15-13-27-14-16-32/h8-11,17-18,21,27H,4-7,12-16H2,1-3H3,(H,28,34)(H,29,30,31). The zero-order valence-corrected chi connectivity index (χ0v) is 20.6. The van der Waals surface area contributed by atoms with Crippen LogP contribution in [0.3, 0.4) is 0 Å². The van der Waals surface area contributed by atoms with Gasteiger partial charge in [-0.15, -0.1) is 0 Å². The second-order valence-corrected chi connectivity index (χ2v) is 8.86. The van der Waals surface area contributed by atoms with Gasteiger partial charge in [0.15, 0.2) is 0 Å². The first-order chi connectivity index (χ1) is 16.6. The molecule has 1 saturated heterocycles. The summed E-state index contributed by atoms with van der Waals surface area (Å²) in [7, 11) is 0. The Bertz CT molecular complexity index is 1080. The Morgan fingerprint density at radius 3 is 2.53 bits per heavy atom. The predicted octanol–water partition coefficient (Wildman–Crippen LogP) is 4.48. The highest BCUT2D eigenvalue weighted by atomic mass is 16.1. The summed E-state index contributed by atoms with van der Waals surface area (Å²) >= 11 is 0. The third-order valence-corrected chi connectivity index (χ3v) is 6.54. The fourth-order valence-electron chi connectivity index (χ4n) is 4.54. The molecule has 34 heavy (non-hydrogen) atoms. The number of nitrogens with one attached hydrogen (secondary N) is 3. The molecule has 1 aliphatic heterocycles. The van der Waals surface area contributed by atoms with Gasteiger partial charge in [0.1, 0.15) is 11.3 Å². The van der Waals surface area contributed by atoms with Gasteiger partial charge >= 0.3 is 0 Å². The van der Waals surface area contributed by atoms with Gasteiger partial charge in [-0.25, -0.2) is 4.98 Å². The quantitative estimate of drug-likeness (QED) is 0.385. The van der Waals surface area contributed by atoms with Gasteiger partial charge in [-0.05, 0) is 49.6 Å². The van der Waals surface area contributed by atoms with Crippen LogP contribution in [0.25, 0.3) is 11.0 Å². The van der Waals surface area contributed by atoms with Crippen LogP contribution >= 0.6 is 0 Å². The number of piperazine rings is 1. The number of carbonyl (C=O) groups is 1. The summed E-state index contributed by atoms with van der Waals surface area (Å²) in [5, 5.41) is 10.7. The van der Waals surface area contributed by atoms with Crippen LogP contribution in [0.2, 0.25) is 0 Å². The van der Waals surface area contributed by atoms with E-state index in [1.807, 2.05) is 12.3 Å². The molecule has 0 unspecified atom stereocenters. The molecule has 0 bridgehead atoms. The van der Waals surface area contributed by atoms with E-state index in [4.69, 9.17) is 4.98 Å². The highest BCUT2D eigenvalue weighted by Crippen LogP contribution is 2.28. The molecule has 2 aromatic heterocycles. The van der Waals surface area contributed by atoms with E-state index in [1.165, 1.54) is 5.69 Å². The van der Waals surface area contributed by atoms with Crippen LogP contribution in [0.15, 0.2) is 36.5 Å². The van der Waals surface area contributed by atoms with Crippen molar-refractivity contribution in [3.05, 3.63) is 42.2 Å². The number of amides is 1. The Morgan fingerprint density at radius 2 is 1.85 bits per heavy atom. The number of aromatic nitrogens is 3. The Hall–Kier alpha value is -3.13. The van der Waals surface area contributed by atoms with Crippen molar-refractivity contribution in [1.82, 2.24) is 25.2 Å². The predicted molar refractivity (Wildman–Crippen MR) is 139 cm³/mol. The smallest absolute Gasteiger partial charge is 0.267 e. The average molecular weight is 464 g/mol. The third kappa shape index (κ3) is 5.33. The van der Waals surface area contributed by atoms with Gasteiger partial charge in [0, 0.05) is 61.7 Å². The molecular formula is C26H37N7O. The lowest BCUT2D eigenvalue weighted by atomic mass is 10.1. The Balaban J connectivity index is 1.59. The number of hydrogen-bond acceptors (Lipinski definition) is 6. The van der Waals surface area contributed by atoms with Crippen molar-refractivity contribution in [2.45, 2.75) is 52.5 Å². The molecule has 0 aliphatic carbocycles. The van der Waals surface area contributed by atoms with Gasteiger partial charge in [-0.3, -0.25) is 4.79 Å². The fourth-order valence-corrected chi connectivity index (χ4v) is 4.54. The summed E-state index contributed by atoms with van der Waals surface area (Å²) in [5.41, 5.74) is 3.62. The lowest BCUT2D eigenvalue weighted by molar-refractivity contribution is 0.0942. The van der Waals surface area contributed by atoms with Crippen LogP contribution in [0.5, 0.6) is 0 Å². The summed E-state index contributed by atoms with van der Waals surface area (Å²) in [6.07, 6.45) is 5.68. The van der Waals surface area contributed by atoms with E-state index in [9.17, 15) is 4.79 Å². The Morgan fingerprint density at radius 1 is 1.12 bits per heavy atom. The van der Waals surface area contributed by atoms with Crippen molar-refractivity contribution in [2.24, 2.45) is 0 Å². The van der Waals surface area contributed by atoms with Crippen molar-refractivity contribution < 1.29 is 4.79 Å². The zero-order valence-electron chi connectivity index (χ0n) is 20.6. The van der Waals surface area contributed by atoms with Gasteiger partial charge < -0.3 is 25.4 Å². The van der Waals surface area contributed by atoms with Crippen LogP contribution < -0.4 is 20.9 Å². The number of rotatable bonds is 10. The first-order valence-corrected chi connectivity index (χ1v) is 12.6. The summed E-state index contributed by atoms with van der Waals surface area (Å²) in [6, 6.07) is 10.5. The first-order valence-electron chi connectivity index (χ1n) is 12.6. The van der Waals surface area contributed by atoms with E-state index in [0.29, 0.717) is 18.2 Å². The minimum absolute atomic E-state index is 0.0450. The van der Waals surface area contributed by atoms with E-state index in [-0.39, 0.29) is 11.9 Å². The van der Waals surface area contributed by atoms with E-state index in [2.05, 4.69) is 75.4 Å². The molecule has 182 valence electrons. The minimum atomic E-state index is -0.0450. The van der Waals surface area contributed by atoms with Crippen LogP contribution in [0.1, 0.15) is 63.0 Å². The largest absolute Gasteiger partial charge is 0.369 e. The molecule has 1 fully saturated rings. The molecule has 3 N–H and O–H groups in total. The SMILES string of the molecule is CCCCNC(=O)c1cc2cnc(Nc3ccc(N4CCNCC4)cc3)nc2n1C(CC)CC. The van der Waals surface area contributed by atoms with E-state index < -0.39 is 0 Å². The topological polar surface area (TPSA) is 87.1 Å². The van der Waals surface area contributed by atoms with Crippen molar-refractivity contribution in [3.63, 3.8) is 0 Å².